The fourth-order valence-corrected chi connectivity index (χ4v) is 0.659. The van der Waals surface area contributed by atoms with Gasteiger partial charge in [-0.25, -0.2) is 14.5 Å². The van der Waals surface area contributed by atoms with Crippen LogP contribution in [0.3, 0.4) is 0 Å². The number of hydrogen-bond acceptors (Lipinski definition) is 4. The van der Waals surface area contributed by atoms with Gasteiger partial charge in [0.15, 0.2) is 0 Å². The van der Waals surface area contributed by atoms with Crippen molar-refractivity contribution in [2.45, 2.75) is 0 Å². The average Bonchev–Trinajstić information content (AvgIpc) is 2.01. The summed E-state index contributed by atoms with van der Waals surface area (Å²) in [7, 11) is 0. The zero-order valence-electron chi connectivity index (χ0n) is 7.13. The summed E-state index contributed by atoms with van der Waals surface area (Å²) in [6, 6.07) is 0. The van der Waals surface area contributed by atoms with Crippen LogP contribution in [0, 0.1) is 0 Å². The second kappa shape index (κ2) is 5.75. The molecule has 0 aromatic heterocycles. The van der Waals surface area contributed by atoms with Gasteiger partial charge in [-0.3, -0.25) is 4.79 Å². The molecule has 0 atom stereocenters. The van der Waals surface area contributed by atoms with Crippen molar-refractivity contribution >= 4 is 18.2 Å². The molecule has 0 aromatic rings. The standard InChI is InChI=1S/C6H10N2O6/c9-4(10)3-7-1-2-8(5(11)12)6(13)14/h7H,1-3H2,(H,9,10)(H,11,12)(H,13,14). The zero-order valence-corrected chi connectivity index (χ0v) is 7.13. The minimum Gasteiger partial charge on any atom is -0.480 e. The number of rotatable bonds is 5. The van der Waals surface area contributed by atoms with Crippen molar-refractivity contribution in [3.63, 3.8) is 0 Å². The molecule has 0 unspecified atom stereocenters. The predicted molar refractivity (Wildman–Crippen MR) is 43.3 cm³/mol. The summed E-state index contributed by atoms with van der Waals surface area (Å²) in [6.07, 6.45) is -3.18. The Balaban J connectivity index is 3.78. The van der Waals surface area contributed by atoms with Crippen LogP contribution < -0.4 is 5.32 Å². The summed E-state index contributed by atoms with van der Waals surface area (Å²) in [5.74, 6) is -1.10. The lowest BCUT2D eigenvalue weighted by atomic mass is 10.5. The highest BCUT2D eigenvalue weighted by Crippen LogP contribution is 1.88. The van der Waals surface area contributed by atoms with Crippen molar-refractivity contribution in [2.75, 3.05) is 19.6 Å². The number of aliphatic carboxylic acids is 1. The molecule has 8 heteroatoms. The summed E-state index contributed by atoms with van der Waals surface area (Å²) in [5, 5.41) is 27.3. The third-order valence-electron chi connectivity index (χ3n) is 1.25. The summed E-state index contributed by atoms with van der Waals surface area (Å²) < 4.78 is 0. The van der Waals surface area contributed by atoms with Crippen LogP contribution in [-0.4, -0.2) is 58.0 Å². The van der Waals surface area contributed by atoms with Crippen molar-refractivity contribution in [3.8, 4) is 0 Å². The van der Waals surface area contributed by atoms with E-state index in [1.165, 1.54) is 0 Å². The highest BCUT2D eigenvalue weighted by atomic mass is 16.4. The van der Waals surface area contributed by atoms with Gasteiger partial charge in [0, 0.05) is 13.1 Å². The first kappa shape index (κ1) is 12.2. The molecule has 0 aliphatic heterocycles. The first-order valence-electron chi connectivity index (χ1n) is 3.61. The Morgan fingerprint density at radius 2 is 1.57 bits per heavy atom. The van der Waals surface area contributed by atoms with Crippen LogP contribution >= 0.6 is 0 Å². The Morgan fingerprint density at radius 1 is 1.07 bits per heavy atom. The smallest absolute Gasteiger partial charge is 0.416 e. The third kappa shape index (κ3) is 4.93. The number of nitrogens with one attached hydrogen (secondary N) is 1. The summed E-state index contributed by atoms with van der Waals surface area (Å²) in [6.45, 7) is -0.685. The maximum absolute atomic E-state index is 10.3. The number of hydrogen-bond donors (Lipinski definition) is 4. The van der Waals surface area contributed by atoms with Gasteiger partial charge < -0.3 is 20.6 Å². The van der Waals surface area contributed by atoms with Gasteiger partial charge in [0.25, 0.3) is 0 Å². The molecule has 0 heterocycles. The van der Waals surface area contributed by atoms with Crippen LogP contribution in [0.15, 0.2) is 0 Å². The Kier molecular flexibility index (Phi) is 5.00. The number of amides is 2. The van der Waals surface area contributed by atoms with E-state index in [0.29, 0.717) is 0 Å². The lowest BCUT2D eigenvalue weighted by Crippen LogP contribution is -2.40. The molecule has 0 aromatic carbocycles. The lowest BCUT2D eigenvalue weighted by molar-refractivity contribution is -0.135. The molecule has 0 aliphatic rings. The van der Waals surface area contributed by atoms with E-state index < -0.39 is 18.2 Å². The van der Waals surface area contributed by atoms with Crippen LogP contribution in [0.1, 0.15) is 0 Å². The second-order valence-corrected chi connectivity index (χ2v) is 2.29. The maximum atomic E-state index is 10.3. The van der Waals surface area contributed by atoms with Crippen LogP contribution in [0.5, 0.6) is 0 Å². The van der Waals surface area contributed by atoms with E-state index in [-0.39, 0.29) is 24.5 Å². The van der Waals surface area contributed by atoms with Crippen molar-refractivity contribution in [1.82, 2.24) is 10.2 Å². The molecule has 0 rings (SSSR count). The number of nitrogens with zero attached hydrogens (tertiary/aromatic N) is 1. The molecule has 2 amide bonds. The fraction of sp³-hybridized carbons (Fsp3) is 0.500. The number of carboxylic acids is 1. The van der Waals surface area contributed by atoms with Crippen LogP contribution in [0.2, 0.25) is 0 Å². The van der Waals surface area contributed by atoms with Gasteiger partial charge in [0.2, 0.25) is 0 Å². The average molecular weight is 206 g/mol. The lowest BCUT2D eigenvalue weighted by Gasteiger charge is -2.12. The van der Waals surface area contributed by atoms with E-state index in [4.69, 9.17) is 15.3 Å². The molecule has 0 saturated carbocycles. The van der Waals surface area contributed by atoms with Crippen molar-refractivity contribution in [3.05, 3.63) is 0 Å². The second-order valence-electron chi connectivity index (χ2n) is 2.29. The number of carbonyl (C=O) groups is 3. The van der Waals surface area contributed by atoms with Gasteiger partial charge in [-0.05, 0) is 0 Å². The molecular weight excluding hydrogens is 196 g/mol. The Hall–Kier alpha value is -1.83. The van der Waals surface area contributed by atoms with Gasteiger partial charge >= 0.3 is 18.2 Å². The molecule has 0 fully saturated rings. The van der Waals surface area contributed by atoms with Gasteiger partial charge in [0.1, 0.15) is 0 Å². The molecule has 0 radical (unpaired) electrons. The molecular formula is C6H10N2O6. The van der Waals surface area contributed by atoms with Crippen molar-refractivity contribution in [2.24, 2.45) is 0 Å². The molecule has 0 bridgehead atoms. The topological polar surface area (TPSA) is 127 Å². The van der Waals surface area contributed by atoms with Gasteiger partial charge in [0.05, 0.1) is 6.54 Å². The summed E-state index contributed by atoms with van der Waals surface area (Å²) in [5.41, 5.74) is 0. The third-order valence-corrected chi connectivity index (χ3v) is 1.25. The monoisotopic (exact) mass is 206 g/mol. The molecule has 0 spiro atoms. The molecule has 0 aliphatic carbocycles. The zero-order chi connectivity index (χ0) is 11.1. The van der Waals surface area contributed by atoms with E-state index in [1.54, 1.807) is 0 Å². The van der Waals surface area contributed by atoms with Gasteiger partial charge in [-0.15, -0.1) is 0 Å². The molecule has 80 valence electrons. The number of carboxylic acid groups (broad SMARTS) is 3. The first-order chi connectivity index (χ1) is 6.45. The van der Waals surface area contributed by atoms with Crippen LogP contribution in [-0.2, 0) is 4.79 Å². The van der Waals surface area contributed by atoms with E-state index in [0.717, 1.165) is 0 Å². The predicted octanol–water partition coefficient (Wildman–Crippen LogP) is -0.681. The van der Waals surface area contributed by atoms with E-state index >= 15 is 0 Å². The van der Waals surface area contributed by atoms with E-state index in [9.17, 15) is 14.4 Å². The Labute approximate surface area is 78.7 Å². The first-order valence-corrected chi connectivity index (χ1v) is 3.61. The summed E-state index contributed by atoms with van der Waals surface area (Å²) >= 11 is 0. The molecule has 8 nitrogen and oxygen atoms in total. The Morgan fingerprint density at radius 3 is 1.93 bits per heavy atom. The van der Waals surface area contributed by atoms with E-state index in [1.807, 2.05) is 0 Å². The maximum Gasteiger partial charge on any atom is 0.416 e. The van der Waals surface area contributed by atoms with E-state index in [2.05, 4.69) is 5.32 Å². The molecule has 0 saturated heterocycles. The SMILES string of the molecule is O=C(O)CNCCN(C(=O)O)C(=O)O. The minimum atomic E-state index is -1.59. The van der Waals surface area contributed by atoms with Crippen LogP contribution in [0.4, 0.5) is 9.59 Å². The largest absolute Gasteiger partial charge is 0.480 e. The van der Waals surface area contributed by atoms with Crippen LogP contribution in [0.25, 0.3) is 0 Å². The van der Waals surface area contributed by atoms with Gasteiger partial charge in [-0.2, -0.15) is 0 Å². The Bertz CT molecular complexity index is 226. The minimum absolute atomic E-state index is 0.0368. The van der Waals surface area contributed by atoms with Crippen molar-refractivity contribution < 1.29 is 29.7 Å². The normalized spacial score (nSPS) is 9.43. The molecule has 4 N–H and O–H groups in total. The van der Waals surface area contributed by atoms with Crippen molar-refractivity contribution in [1.29, 1.82) is 0 Å². The fourth-order valence-electron chi connectivity index (χ4n) is 0.659. The summed E-state index contributed by atoms with van der Waals surface area (Å²) in [4.78, 5) is 30.7. The highest BCUT2D eigenvalue weighted by molar-refractivity contribution is 5.85. The van der Waals surface area contributed by atoms with Gasteiger partial charge in [-0.1, -0.05) is 0 Å². The molecule has 14 heavy (non-hydrogen) atoms. The highest BCUT2D eigenvalue weighted by Gasteiger charge is 2.18. The quantitative estimate of drug-likeness (QED) is 0.438. The number of imide groups is 1.